The van der Waals surface area contributed by atoms with Crippen LogP contribution in [0.4, 0.5) is 0 Å². The fourth-order valence-electron chi connectivity index (χ4n) is 2.97. The number of aliphatic hydroxyl groups is 1. The van der Waals surface area contributed by atoms with E-state index >= 15 is 0 Å². The third-order valence-electron chi connectivity index (χ3n) is 4.34. The number of carbonyl (C=O) groups excluding carboxylic acids is 2. The Bertz CT molecular complexity index is 728. The number of benzene rings is 2. The SMILES string of the molecule is Cc1ccc(C2CN(C(=O)c3ccccc3)CC(=O)N2CO)cc1. The summed E-state index contributed by atoms with van der Waals surface area (Å²) in [6, 6.07) is 16.4. The van der Waals surface area contributed by atoms with Gasteiger partial charge in [0.05, 0.1) is 6.04 Å². The Morgan fingerprint density at radius 1 is 1.12 bits per heavy atom. The minimum absolute atomic E-state index is 0.0172. The summed E-state index contributed by atoms with van der Waals surface area (Å²) >= 11 is 0. The van der Waals surface area contributed by atoms with Gasteiger partial charge < -0.3 is 14.9 Å². The van der Waals surface area contributed by atoms with Crippen LogP contribution in [0, 0.1) is 6.92 Å². The van der Waals surface area contributed by atoms with E-state index in [4.69, 9.17) is 0 Å². The zero-order valence-electron chi connectivity index (χ0n) is 13.6. The Morgan fingerprint density at radius 3 is 2.42 bits per heavy atom. The molecule has 0 aromatic heterocycles. The van der Waals surface area contributed by atoms with Crippen molar-refractivity contribution in [2.24, 2.45) is 0 Å². The van der Waals surface area contributed by atoms with Crippen molar-refractivity contribution in [3.05, 3.63) is 71.3 Å². The number of rotatable bonds is 3. The summed E-state index contributed by atoms with van der Waals surface area (Å²) in [6.07, 6.45) is 0. The molecule has 0 spiro atoms. The summed E-state index contributed by atoms with van der Waals surface area (Å²) in [6.45, 7) is 1.98. The summed E-state index contributed by atoms with van der Waals surface area (Å²) in [5, 5.41) is 9.59. The monoisotopic (exact) mass is 324 g/mol. The topological polar surface area (TPSA) is 60.9 Å². The summed E-state index contributed by atoms with van der Waals surface area (Å²) in [5.74, 6) is -0.419. The van der Waals surface area contributed by atoms with Gasteiger partial charge in [0.2, 0.25) is 5.91 Å². The van der Waals surface area contributed by atoms with Gasteiger partial charge in [0.25, 0.3) is 5.91 Å². The Kier molecular flexibility index (Phi) is 4.62. The molecule has 2 aromatic carbocycles. The van der Waals surface area contributed by atoms with Crippen LogP contribution in [0.5, 0.6) is 0 Å². The average molecular weight is 324 g/mol. The highest BCUT2D eigenvalue weighted by Crippen LogP contribution is 2.26. The smallest absolute Gasteiger partial charge is 0.254 e. The van der Waals surface area contributed by atoms with Gasteiger partial charge in [0.15, 0.2) is 0 Å². The Balaban J connectivity index is 1.88. The average Bonchev–Trinajstić information content (AvgIpc) is 2.62. The number of carbonyl (C=O) groups is 2. The van der Waals surface area contributed by atoms with Crippen molar-refractivity contribution >= 4 is 11.8 Å². The summed E-state index contributed by atoms with van der Waals surface area (Å²) in [4.78, 5) is 28.0. The van der Waals surface area contributed by atoms with Crippen LogP contribution >= 0.6 is 0 Å². The van der Waals surface area contributed by atoms with Crippen molar-refractivity contribution in [3.63, 3.8) is 0 Å². The van der Waals surface area contributed by atoms with Gasteiger partial charge >= 0.3 is 0 Å². The number of aryl methyl sites for hydroxylation is 1. The molecule has 1 unspecified atom stereocenters. The highest BCUT2D eigenvalue weighted by molar-refractivity contribution is 5.97. The number of aliphatic hydroxyl groups excluding tert-OH is 1. The lowest BCUT2D eigenvalue weighted by Gasteiger charge is -2.40. The number of nitrogens with zero attached hydrogens (tertiary/aromatic N) is 2. The number of hydrogen-bond acceptors (Lipinski definition) is 3. The lowest BCUT2D eigenvalue weighted by atomic mass is 10.0. The molecule has 124 valence electrons. The molecule has 1 aliphatic rings. The molecule has 3 rings (SSSR count). The van der Waals surface area contributed by atoms with Gasteiger partial charge in [-0.25, -0.2) is 0 Å². The highest BCUT2D eigenvalue weighted by atomic mass is 16.3. The van der Waals surface area contributed by atoms with Crippen molar-refractivity contribution in [2.45, 2.75) is 13.0 Å². The lowest BCUT2D eigenvalue weighted by molar-refractivity contribution is -0.143. The molecule has 0 aliphatic carbocycles. The fraction of sp³-hybridized carbons (Fsp3) is 0.263. The van der Waals surface area contributed by atoms with Crippen LogP contribution in [-0.2, 0) is 4.79 Å². The molecule has 0 saturated carbocycles. The first kappa shape index (κ1) is 16.2. The predicted molar refractivity (Wildman–Crippen MR) is 90.2 cm³/mol. The second-order valence-electron chi connectivity index (χ2n) is 5.98. The van der Waals surface area contributed by atoms with Gasteiger partial charge in [0.1, 0.15) is 13.3 Å². The first-order chi connectivity index (χ1) is 11.6. The fourth-order valence-corrected chi connectivity index (χ4v) is 2.97. The molecule has 5 nitrogen and oxygen atoms in total. The number of amides is 2. The van der Waals surface area contributed by atoms with E-state index in [-0.39, 0.29) is 31.1 Å². The molecule has 5 heteroatoms. The zero-order valence-corrected chi connectivity index (χ0v) is 13.6. The molecular formula is C19H20N2O3. The van der Waals surface area contributed by atoms with E-state index in [0.29, 0.717) is 12.1 Å². The van der Waals surface area contributed by atoms with Crippen LogP contribution in [0.2, 0.25) is 0 Å². The molecule has 1 aliphatic heterocycles. The molecule has 2 amide bonds. The van der Waals surface area contributed by atoms with Crippen LogP contribution in [0.1, 0.15) is 27.5 Å². The third kappa shape index (κ3) is 3.16. The zero-order chi connectivity index (χ0) is 17.1. The standard InChI is InChI=1S/C19H20N2O3/c1-14-7-9-15(10-8-14)17-11-20(12-18(23)21(17)13-22)19(24)16-5-3-2-4-6-16/h2-10,17,22H,11-13H2,1H3. The Labute approximate surface area is 141 Å². The maximum atomic E-state index is 12.7. The second kappa shape index (κ2) is 6.84. The molecule has 2 aromatic rings. The van der Waals surface area contributed by atoms with Crippen LogP contribution in [0.3, 0.4) is 0 Å². The van der Waals surface area contributed by atoms with E-state index in [1.165, 1.54) is 4.90 Å². The Hall–Kier alpha value is -2.66. The van der Waals surface area contributed by atoms with Gasteiger partial charge in [-0.05, 0) is 24.6 Å². The lowest BCUT2D eigenvalue weighted by Crippen LogP contribution is -2.54. The predicted octanol–water partition coefficient (Wildman–Crippen LogP) is 1.97. The molecule has 1 saturated heterocycles. The van der Waals surface area contributed by atoms with Gasteiger partial charge in [-0.3, -0.25) is 9.59 Å². The van der Waals surface area contributed by atoms with Crippen LogP contribution < -0.4 is 0 Å². The summed E-state index contributed by atoms with van der Waals surface area (Å²) in [5.41, 5.74) is 2.59. The normalized spacial score (nSPS) is 17.9. The molecule has 1 heterocycles. The second-order valence-corrected chi connectivity index (χ2v) is 5.98. The van der Waals surface area contributed by atoms with Crippen molar-refractivity contribution in [3.8, 4) is 0 Å². The molecule has 1 N–H and O–H groups in total. The van der Waals surface area contributed by atoms with Crippen LogP contribution in [0.15, 0.2) is 54.6 Å². The minimum atomic E-state index is -0.356. The van der Waals surface area contributed by atoms with Crippen molar-refractivity contribution in [2.75, 3.05) is 19.8 Å². The van der Waals surface area contributed by atoms with E-state index in [9.17, 15) is 14.7 Å². The molecule has 1 fully saturated rings. The van der Waals surface area contributed by atoms with Crippen molar-refractivity contribution in [1.82, 2.24) is 9.80 Å². The van der Waals surface area contributed by atoms with E-state index in [2.05, 4.69) is 0 Å². The number of hydrogen-bond donors (Lipinski definition) is 1. The third-order valence-corrected chi connectivity index (χ3v) is 4.34. The first-order valence-electron chi connectivity index (χ1n) is 7.91. The van der Waals surface area contributed by atoms with Crippen LogP contribution in [0.25, 0.3) is 0 Å². The number of piperazine rings is 1. The quantitative estimate of drug-likeness (QED) is 0.939. The molecule has 0 bridgehead atoms. The summed E-state index contributed by atoms with van der Waals surface area (Å²) in [7, 11) is 0. The van der Waals surface area contributed by atoms with E-state index < -0.39 is 0 Å². The molecule has 24 heavy (non-hydrogen) atoms. The highest BCUT2D eigenvalue weighted by Gasteiger charge is 2.35. The maximum absolute atomic E-state index is 12.7. The van der Waals surface area contributed by atoms with Gasteiger partial charge in [0, 0.05) is 12.1 Å². The van der Waals surface area contributed by atoms with Crippen LogP contribution in [-0.4, -0.2) is 46.5 Å². The van der Waals surface area contributed by atoms with Gasteiger partial charge in [-0.15, -0.1) is 0 Å². The van der Waals surface area contributed by atoms with Gasteiger partial charge in [-0.1, -0.05) is 48.0 Å². The molecule has 0 radical (unpaired) electrons. The van der Waals surface area contributed by atoms with E-state index in [1.54, 1.807) is 29.2 Å². The minimum Gasteiger partial charge on any atom is -0.376 e. The first-order valence-corrected chi connectivity index (χ1v) is 7.91. The van der Waals surface area contributed by atoms with Crippen molar-refractivity contribution < 1.29 is 14.7 Å². The van der Waals surface area contributed by atoms with Crippen molar-refractivity contribution in [1.29, 1.82) is 0 Å². The maximum Gasteiger partial charge on any atom is 0.254 e. The van der Waals surface area contributed by atoms with E-state index in [1.807, 2.05) is 37.3 Å². The summed E-state index contributed by atoms with van der Waals surface area (Å²) < 4.78 is 0. The Morgan fingerprint density at radius 2 is 1.79 bits per heavy atom. The van der Waals surface area contributed by atoms with E-state index in [0.717, 1.165) is 11.1 Å². The molecule has 1 atom stereocenters. The largest absolute Gasteiger partial charge is 0.376 e. The van der Waals surface area contributed by atoms with Gasteiger partial charge in [-0.2, -0.15) is 0 Å². The molecular weight excluding hydrogens is 304 g/mol.